The SMILES string of the molecule is COc1cc(/C=C2\CCCN(C(C)(C(=O)O)c3ccc(F)cc3)C2=O)ccc1-n1cnc(C)c1. The summed E-state index contributed by atoms with van der Waals surface area (Å²) in [4.78, 5) is 31.4. The van der Waals surface area contributed by atoms with Gasteiger partial charge < -0.3 is 19.3 Å². The highest BCUT2D eigenvalue weighted by molar-refractivity contribution is 6.01. The molecule has 2 heterocycles. The van der Waals surface area contributed by atoms with E-state index in [0.29, 0.717) is 36.3 Å². The zero-order valence-electron chi connectivity index (χ0n) is 19.3. The summed E-state index contributed by atoms with van der Waals surface area (Å²) in [5.41, 5.74) is 1.69. The number of carbonyl (C=O) groups excluding carboxylic acids is 1. The summed E-state index contributed by atoms with van der Waals surface area (Å²) in [6.45, 7) is 3.67. The minimum absolute atomic E-state index is 0.290. The average Bonchev–Trinajstić information content (AvgIpc) is 3.26. The van der Waals surface area contributed by atoms with Crippen molar-refractivity contribution in [3.05, 3.63) is 83.2 Å². The Morgan fingerprint density at radius 3 is 2.59 bits per heavy atom. The Balaban J connectivity index is 1.68. The van der Waals surface area contributed by atoms with E-state index in [2.05, 4.69) is 4.98 Å². The van der Waals surface area contributed by atoms with Crippen LogP contribution in [0.2, 0.25) is 0 Å². The van der Waals surface area contributed by atoms with E-state index in [1.165, 1.54) is 36.1 Å². The molecule has 7 nitrogen and oxygen atoms in total. The van der Waals surface area contributed by atoms with Gasteiger partial charge in [0.15, 0.2) is 5.54 Å². The second kappa shape index (κ2) is 9.13. The van der Waals surface area contributed by atoms with E-state index in [4.69, 9.17) is 4.74 Å². The first-order valence-corrected chi connectivity index (χ1v) is 10.9. The van der Waals surface area contributed by atoms with Crippen molar-refractivity contribution in [3.8, 4) is 11.4 Å². The Labute approximate surface area is 197 Å². The van der Waals surface area contributed by atoms with E-state index >= 15 is 0 Å². The van der Waals surface area contributed by atoms with Gasteiger partial charge in [-0.3, -0.25) is 4.79 Å². The van der Waals surface area contributed by atoms with E-state index in [1.54, 1.807) is 19.5 Å². The summed E-state index contributed by atoms with van der Waals surface area (Å²) in [6, 6.07) is 10.8. The average molecular weight is 464 g/mol. The summed E-state index contributed by atoms with van der Waals surface area (Å²) >= 11 is 0. The number of aromatic nitrogens is 2. The molecule has 8 heteroatoms. The van der Waals surface area contributed by atoms with Crippen LogP contribution in [0, 0.1) is 12.7 Å². The number of nitrogens with zero attached hydrogens (tertiary/aromatic N) is 3. The second-order valence-electron chi connectivity index (χ2n) is 8.47. The molecule has 1 fully saturated rings. The van der Waals surface area contributed by atoms with Gasteiger partial charge in [0.05, 0.1) is 24.8 Å². The number of aliphatic carboxylic acids is 1. The van der Waals surface area contributed by atoms with Gasteiger partial charge in [-0.15, -0.1) is 0 Å². The van der Waals surface area contributed by atoms with Crippen molar-refractivity contribution in [1.82, 2.24) is 14.5 Å². The molecule has 1 saturated heterocycles. The zero-order chi connectivity index (χ0) is 24.5. The van der Waals surface area contributed by atoms with Crippen molar-refractivity contribution < 1.29 is 23.8 Å². The van der Waals surface area contributed by atoms with E-state index < -0.39 is 17.3 Å². The third-order valence-corrected chi connectivity index (χ3v) is 6.24. The normalized spacial score (nSPS) is 17.0. The fraction of sp³-hybridized carbons (Fsp3) is 0.269. The monoisotopic (exact) mass is 463 g/mol. The Bertz CT molecular complexity index is 1270. The highest BCUT2D eigenvalue weighted by Crippen LogP contribution is 2.35. The first kappa shape index (κ1) is 23.2. The molecule has 4 rings (SSSR count). The second-order valence-corrected chi connectivity index (χ2v) is 8.47. The minimum Gasteiger partial charge on any atom is -0.495 e. The third-order valence-electron chi connectivity index (χ3n) is 6.24. The number of carboxylic acids is 1. The lowest BCUT2D eigenvalue weighted by Gasteiger charge is -2.41. The number of likely N-dealkylation sites (tertiary alicyclic amines) is 1. The highest BCUT2D eigenvalue weighted by atomic mass is 19.1. The van der Waals surface area contributed by atoms with E-state index in [1.807, 2.05) is 35.9 Å². The molecule has 2 aromatic carbocycles. The first-order valence-electron chi connectivity index (χ1n) is 10.9. The molecule has 1 unspecified atom stereocenters. The molecule has 34 heavy (non-hydrogen) atoms. The maximum atomic E-state index is 13.4. The smallest absolute Gasteiger partial charge is 0.334 e. The van der Waals surface area contributed by atoms with Gasteiger partial charge in [0.2, 0.25) is 0 Å². The van der Waals surface area contributed by atoms with Crippen molar-refractivity contribution >= 4 is 18.0 Å². The predicted molar refractivity (Wildman–Crippen MR) is 125 cm³/mol. The fourth-order valence-corrected chi connectivity index (χ4v) is 4.29. The Hall–Kier alpha value is -3.94. The van der Waals surface area contributed by atoms with Crippen molar-refractivity contribution in [2.45, 2.75) is 32.2 Å². The van der Waals surface area contributed by atoms with Gasteiger partial charge >= 0.3 is 5.97 Å². The molecule has 1 atom stereocenters. The summed E-state index contributed by atoms with van der Waals surface area (Å²) < 4.78 is 20.9. The standard InChI is InChI=1S/C26H26FN3O4/c1-17-15-29(16-28-17)22-11-6-18(14-23(22)34-3)13-19-5-4-12-30(24(19)31)26(2,25(32)33)20-7-9-21(27)10-8-20/h6-11,13-16H,4-5,12H2,1-3H3,(H,32,33)/b19-13+. The van der Waals surface area contributed by atoms with Gasteiger partial charge in [-0.05, 0) is 68.2 Å². The molecule has 0 bridgehead atoms. The molecule has 1 aliphatic rings. The van der Waals surface area contributed by atoms with Crippen LogP contribution >= 0.6 is 0 Å². The summed E-state index contributed by atoms with van der Waals surface area (Å²) in [6.07, 6.45) is 6.51. The lowest BCUT2D eigenvalue weighted by atomic mass is 9.86. The number of piperidine rings is 1. The number of aryl methyl sites for hydroxylation is 1. The van der Waals surface area contributed by atoms with Crippen LogP contribution in [0.3, 0.4) is 0 Å². The van der Waals surface area contributed by atoms with Crippen molar-refractivity contribution in [3.63, 3.8) is 0 Å². The van der Waals surface area contributed by atoms with Gasteiger partial charge in [0, 0.05) is 18.3 Å². The number of benzene rings is 2. The van der Waals surface area contributed by atoms with Crippen LogP contribution in [0.1, 0.15) is 36.6 Å². The fourth-order valence-electron chi connectivity index (χ4n) is 4.29. The van der Waals surface area contributed by atoms with Crippen LogP contribution in [-0.4, -0.2) is 45.1 Å². The number of ether oxygens (including phenoxy) is 1. The Kier molecular flexibility index (Phi) is 6.24. The Morgan fingerprint density at radius 2 is 1.97 bits per heavy atom. The predicted octanol–water partition coefficient (Wildman–Crippen LogP) is 4.33. The first-order chi connectivity index (χ1) is 16.2. The summed E-state index contributed by atoms with van der Waals surface area (Å²) in [5, 5.41) is 10.1. The maximum absolute atomic E-state index is 13.4. The molecule has 1 aliphatic heterocycles. The van der Waals surface area contributed by atoms with E-state index in [0.717, 1.165) is 16.9 Å². The number of methoxy groups -OCH3 is 1. The number of carbonyl (C=O) groups is 2. The van der Waals surface area contributed by atoms with Gasteiger partial charge in [-0.2, -0.15) is 0 Å². The topological polar surface area (TPSA) is 84.7 Å². The van der Waals surface area contributed by atoms with E-state index in [-0.39, 0.29) is 5.91 Å². The largest absolute Gasteiger partial charge is 0.495 e. The number of halogens is 1. The molecular formula is C26H26FN3O4. The van der Waals surface area contributed by atoms with Crippen molar-refractivity contribution in [2.75, 3.05) is 13.7 Å². The molecule has 0 radical (unpaired) electrons. The van der Waals surface area contributed by atoms with Crippen LogP contribution < -0.4 is 4.74 Å². The number of carboxylic acid groups (broad SMARTS) is 1. The third kappa shape index (κ3) is 4.19. The maximum Gasteiger partial charge on any atom is 0.334 e. The molecule has 0 spiro atoms. The molecule has 0 saturated carbocycles. The number of hydrogen-bond acceptors (Lipinski definition) is 4. The summed E-state index contributed by atoms with van der Waals surface area (Å²) in [5.74, 6) is -1.37. The van der Waals surface area contributed by atoms with E-state index in [9.17, 15) is 19.1 Å². The van der Waals surface area contributed by atoms with Gasteiger partial charge in [-0.1, -0.05) is 18.2 Å². The number of hydrogen-bond donors (Lipinski definition) is 1. The van der Waals surface area contributed by atoms with Gasteiger partial charge in [0.1, 0.15) is 11.6 Å². The molecule has 1 amide bonds. The Morgan fingerprint density at radius 1 is 1.24 bits per heavy atom. The number of amides is 1. The van der Waals surface area contributed by atoms with Crippen LogP contribution in [0.25, 0.3) is 11.8 Å². The molecule has 1 aromatic heterocycles. The zero-order valence-corrected chi connectivity index (χ0v) is 19.3. The quantitative estimate of drug-likeness (QED) is 0.550. The van der Waals surface area contributed by atoms with Crippen LogP contribution in [0.5, 0.6) is 5.75 Å². The lowest BCUT2D eigenvalue weighted by molar-refractivity contribution is -0.158. The molecule has 176 valence electrons. The van der Waals surface area contributed by atoms with Crippen molar-refractivity contribution in [2.24, 2.45) is 0 Å². The highest BCUT2D eigenvalue weighted by Gasteiger charge is 2.45. The van der Waals surface area contributed by atoms with Gasteiger partial charge in [-0.25, -0.2) is 14.2 Å². The molecule has 1 N–H and O–H groups in total. The number of rotatable bonds is 6. The molecule has 3 aromatic rings. The summed E-state index contributed by atoms with van der Waals surface area (Å²) in [7, 11) is 1.58. The number of imidazole rings is 1. The van der Waals surface area contributed by atoms with Crippen LogP contribution in [0.4, 0.5) is 4.39 Å². The van der Waals surface area contributed by atoms with Gasteiger partial charge in [0.25, 0.3) is 5.91 Å². The van der Waals surface area contributed by atoms with Crippen LogP contribution in [-0.2, 0) is 15.1 Å². The molecule has 0 aliphatic carbocycles. The lowest BCUT2D eigenvalue weighted by Crippen LogP contribution is -2.55. The van der Waals surface area contributed by atoms with Crippen molar-refractivity contribution in [1.29, 1.82) is 0 Å². The van der Waals surface area contributed by atoms with Crippen LogP contribution in [0.15, 0.2) is 60.6 Å². The molecular weight excluding hydrogens is 437 g/mol. The minimum atomic E-state index is -1.62.